The van der Waals surface area contributed by atoms with Crippen molar-refractivity contribution in [3.63, 3.8) is 0 Å². The first kappa shape index (κ1) is 13.2. The molecule has 0 aliphatic carbocycles. The molecule has 0 N–H and O–H groups in total. The van der Waals surface area contributed by atoms with Crippen molar-refractivity contribution in [2.45, 2.75) is 6.42 Å². The Hall–Kier alpha value is -0.850. The van der Waals surface area contributed by atoms with Gasteiger partial charge in [-0.2, -0.15) is 4.98 Å². The Kier molecular flexibility index (Phi) is 5.51. The molecular weight excluding hydrogens is 254 g/mol. The minimum Gasteiger partial charge on any atom is -0.470 e. The largest absolute Gasteiger partial charge is 0.470 e. The van der Waals surface area contributed by atoms with Gasteiger partial charge >= 0.3 is 5.97 Å². The van der Waals surface area contributed by atoms with E-state index < -0.39 is 5.97 Å². The lowest BCUT2D eigenvalue weighted by Crippen LogP contribution is -2.00. The summed E-state index contributed by atoms with van der Waals surface area (Å²) in [4.78, 5) is 15.4. The molecule has 0 saturated heterocycles. The first-order chi connectivity index (χ1) is 7.69. The average molecular weight is 266 g/mol. The zero-order valence-corrected chi connectivity index (χ0v) is 10.6. The third-order valence-electron chi connectivity index (χ3n) is 1.66. The van der Waals surface area contributed by atoms with Gasteiger partial charge in [0.1, 0.15) is 0 Å². The highest BCUT2D eigenvalue weighted by Gasteiger charge is 2.17. The van der Waals surface area contributed by atoms with Crippen LogP contribution in [-0.4, -0.2) is 38.4 Å². The van der Waals surface area contributed by atoms with Crippen LogP contribution in [0, 0.1) is 0 Å². The Balaban J connectivity index is 2.52. The summed E-state index contributed by atoms with van der Waals surface area (Å²) in [6.07, 6.45) is 0.751. The molecule has 1 heterocycles. The Labute approximate surface area is 102 Å². The summed E-state index contributed by atoms with van der Waals surface area (Å²) in [6, 6.07) is 0. The Morgan fingerprint density at radius 1 is 1.44 bits per heavy atom. The number of methoxy groups -OCH3 is 2. The van der Waals surface area contributed by atoms with Crippen LogP contribution in [0.1, 0.15) is 16.1 Å². The molecule has 0 aliphatic heterocycles. The fourth-order valence-electron chi connectivity index (χ4n) is 0.926. The van der Waals surface area contributed by atoms with Gasteiger partial charge in [0.15, 0.2) is 10.0 Å². The highest BCUT2D eigenvalue weighted by atomic mass is 35.5. The van der Waals surface area contributed by atoms with E-state index in [2.05, 4.69) is 9.72 Å². The number of nitrogens with zero attached hydrogens (tertiary/aromatic N) is 1. The van der Waals surface area contributed by atoms with E-state index in [1.165, 1.54) is 7.11 Å². The lowest BCUT2D eigenvalue weighted by Gasteiger charge is -2.00. The van der Waals surface area contributed by atoms with E-state index in [1.54, 1.807) is 7.11 Å². The highest BCUT2D eigenvalue weighted by Crippen LogP contribution is 2.29. The van der Waals surface area contributed by atoms with Crippen molar-refractivity contribution < 1.29 is 19.0 Å². The molecule has 90 valence electrons. The van der Waals surface area contributed by atoms with Crippen LogP contribution in [0.2, 0.25) is 5.15 Å². The molecule has 0 aliphatic rings. The molecule has 0 unspecified atom stereocenters. The lowest BCUT2D eigenvalue weighted by atomic mass is 10.5. The van der Waals surface area contributed by atoms with Crippen LogP contribution < -0.4 is 4.74 Å². The van der Waals surface area contributed by atoms with Crippen LogP contribution in [0.3, 0.4) is 0 Å². The number of hydrogen-bond acceptors (Lipinski definition) is 6. The van der Waals surface area contributed by atoms with Crippen molar-refractivity contribution >= 4 is 28.9 Å². The standard InChI is InChI=1S/C9H12ClNO4S/c1-13-4-3-5-15-9-11-7(10)6(16-9)8(12)14-2/h3-5H2,1-2H3. The lowest BCUT2D eigenvalue weighted by molar-refractivity contribution is 0.0606. The molecule has 0 aromatic carbocycles. The van der Waals surface area contributed by atoms with E-state index in [1.807, 2.05) is 0 Å². The number of aromatic nitrogens is 1. The summed E-state index contributed by atoms with van der Waals surface area (Å²) in [7, 11) is 2.91. The van der Waals surface area contributed by atoms with Crippen molar-refractivity contribution in [1.29, 1.82) is 0 Å². The quantitative estimate of drug-likeness (QED) is 0.582. The second-order valence-corrected chi connectivity index (χ2v) is 4.11. The van der Waals surface area contributed by atoms with Crippen molar-refractivity contribution in [2.75, 3.05) is 27.4 Å². The van der Waals surface area contributed by atoms with Gasteiger partial charge in [0.05, 0.1) is 13.7 Å². The van der Waals surface area contributed by atoms with Gasteiger partial charge in [-0.3, -0.25) is 0 Å². The summed E-state index contributed by atoms with van der Waals surface area (Å²) < 4.78 is 14.7. The van der Waals surface area contributed by atoms with Gasteiger partial charge in [0.25, 0.3) is 5.19 Å². The number of rotatable bonds is 6. The number of halogens is 1. The number of thiazole rings is 1. The van der Waals surface area contributed by atoms with Crippen molar-refractivity contribution in [3.8, 4) is 5.19 Å². The summed E-state index contributed by atoms with van der Waals surface area (Å²) >= 11 is 6.82. The highest BCUT2D eigenvalue weighted by molar-refractivity contribution is 7.15. The maximum Gasteiger partial charge on any atom is 0.351 e. The molecule has 0 bridgehead atoms. The summed E-state index contributed by atoms with van der Waals surface area (Å²) in [5.74, 6) is -0.505. The van der Waals surface area contributed by atoms with Crippen LogP contribution in [0.5, 0.6) is 5.19 Å². The van der Waals surface area contributed by atoms with Crippen molar-refractivity contribution in [1.82, 2.24) is 4.98 Å². The van der Waals surface area contributed by atoms with Gasteiger partial charge in [0, 0.05) is 20.1 Å². The minimum atomic E-state index is -0.505. The van der Waals surface area contributed by atoms with E-state index >= 15 is 0 Å². The molecule has 0 atom stereocenters. The molecular formula is C9H12ClNO4S. The summed E-state index contributed by atoms with van der Waals surface area (Å²) in [5, 5.41) is 0.472. The van der Waals surface area contributed by atoms with E-state index in [-0.39, 0.29) is 10.0 Å². The van der Waals surface area contributed by atoms with Gasteiger partial charge in [-0.15, -0.1) is 0 Å². The third-order valence-corrected chi connectivity index (χ3v) is 2.99. The Morgan fingerprint density at radius 2 is 2.19 bits per heavy atom. The number of carbonyl (C=O) groups is 1. The van der Waals surface area contributed by atoms with Crippen LogP contribution in [0.15, 0.2) is 0 Å². The first-order valence-electron chi connectivity index (χ1n) is 4.55. The fraction of sp³-hybridized carbons (Fsp3) is 0.556. The normalized spacial score (nSPS) is 10.2. The molecule has 0 spiro atoms. The number of ether oxygens (including phenoxy) is 3. The summed E-state index contributed by atoms with van der Waals surface area (Å²) in [6.45, 7) is 1.08. The average Bonchev–Trinajstić information content (AvgIpc) is 2.65. The van der Waals surface area contributed by atoms with Crippen molar-refractivity contribution in [2.24, 2.45) is 0 Å². The predicted molar refractivity (Wildman–Crippen MR) is 60.5 cm³/mol. The van der Waals surface area contributed by atoms with Gasteiger partial charge in [-0.1, -0.05) is 22.9 Å². The maximum absolute atomic E-state index is 11.2. The number of esters is 1. The molecule has 5 nitrogen and oxygen atoms in total. The molecule has 7 heteroatoms. The van der Waals surface area contributed by atoms with Gasteiger partial charge in [-0.25, -0.2) is 4.79 Å². The van der Waals surface area contributed by atoms with Gasteiger partial charge < -0.3 is 14.2 Å². The second kappa shape index (κ2) is 6.67. The van der Waals surface area contributed by atoms with E-state index in [0.717, 1.165) is 17.8 Å². The molecule has 0 amide bonds. The summed E-state index contributed by atoms with van der Waals surface area (Å²) in [5.41, 5.74) is 0. The second-order valence-electron chi connectivity index (χ2n) is 2.79. The molecule has 1 aromatic heterocycles. The molecule has 0 radical (unpaired) electrons. The molecule has 0 saturated carbocycles. The van der Waals surface area contributed by atoms with Crippen LogP contribution in [0.4, 0.5) is 0 Å². The fourth-order valence-corrected chi connectivity index (χ4v) is 2.00. The predicted octanol–water partition coefficient (Wildman–Crippen LogP) is 2.00. The number of hydrogen-bond donors (Lipinski definition) is 0. The zero-order valence-electron chi connectivity index (χ0n) is 8.99. The Bertz CT molecular complexity index is 355. The van der Waals surface area contributed by atoms with Gasteiger partial charge in [-0.05, 0) is 0 Å². The van der Waals surface area contributed by atoms with Crippen LogP contribution >= 0.6 is 22.9 Å². The molecule has 0 fully saturated rings. The SMILES string of the molecule is COCCCOc1nc(Cl)c(C(=O)OC)s1. The Morgan fingerprint density at radius 3 is 2.81 bits per heavy atom. The monoisotopic (exact) mass is 265 g/mol. The zero-order chi connectivity index (χ0) is 12.0. The van der Waals surface area contributed by atoms with E-state index in [9.17, 15) is 4.79 Å². The smallest absolute Gasteiger partial charge is 0.351 e. The molecule has 1 aromatic rings. The van der Waals surface area contributed by atoms with Crippen LogP contribution in [-0.2, 0) is 9.47 Å². The maximum atomic E-state index is 11.2. The van der Waals surface area contributed by atoms with Gasteiger partial charge in [0.2, 0.25) is 0 Å². The molecule has 16 heavy (non-hydrogen) atoms. The number of carbonyl (C=O) groups excluding carboxylic acids is 1. The van der Waals surface area contributed by atoms with Crippen LogP contribution in [0.25, 0.3) is 0 Å². The van der Waals surface area contributed by atoms with Crippen molar-refractivity contribution in [3.05, 3.63) is 10.0 Å². The van der Waals surface area contributed by atoms with E-state index in [4.69, 9.17) is 21.1 Å². The first-order valence-corrected chi connectivity index (χ1v) is 5.75. The molecule has 1 rings (SSSR count). The topological polar surface area (TPSA) is 57.7 Å². The van der Waals surface area contributed by atoms with E-state index in [0.29, 0.717) is 18.4 Å². The third kappa shape index (κ3) is 3.62. The minimum absolute atomic E-state index is 0.110.